The van der Waals surface area contributed by atoms with Crippen LogP contribution in [0, 0.1) is 0 Å². The number of rotatable bonds is 3. The summed E-state index contributed by atoms with van der Waals surface area (Å²) < 4.78 is 0. The van der Waals surface area contributed by atoms with E-state index in [1.807, 2.05) is 72.8 Å². The van der Waals surface area contributed by atoms with Crippen LogP contribution in [0.5, 0.6) is 0 Å². The Bertz CT molecular complexity index is 1090. The van der Waals surface area contributed by atoms with Crippen molar-refractivity contribution in [1.82, 2.24) is 0 Å². The van der Waals surface area contributed by atoms with E-state index in [1.165, 1.54) is 0 Å². The van der Waals surface area contributed by atoms with Crippen LogP contribution in [-0.4, -0.2) is 12.1 Å². The van der Waals surface area contributed by atoms with Crippen molar-refractivity contribution in [3.05, 3.63) is 95.6 Å². The molecule has 0 N–H and O–H groups in total. The molecule has 24 heavy (non-hydrogen) atoms. The average Bonchev–Trinajstić information content (AvgIpc) is 2.66. The van der Waals surface area contributed by atoms with Gasteiger partial charge in [0, 0.05) is 16.7 Å². The van der Waals surface area contributed by atoms with E-state index in [4.69, 9.17) is 0 Å². The lowest BCUT2D eigenvalue weighted by molar-refractivity contribution is 0.103. The van der Waals surface area contributed by atoms with Gasteiger partial charge in [-0.25, -0.2) is 0 Å². The second kappa shape index (κ2) is 5.74. The smallest absolute Gasteiger partial charge is 0.194 e. The average molecular weight is 310 g/mol. The largest absolute Gasteiger partial charge is 0.298 e. The van der Waals surface area contributed by atoms with Crippen LogP contribution in [0.1, 0.15) is 26.3 Å². The van der Waals surface area contributed by atoms with Crippen LogP contribution >= 0.6 is 0 Å². The summed E-state index contributed by atoms with van der Waals surface area (Å²) in [4.78, 5) is 24.6. The number of fused-ring (bicyclic) bond motifs is 2. The Morgan fingerprint density at radius 3 is 2.17 bits per heavy atom. The first-order valence-electron chi connectivity index (χ1n) is 7.78. The summed E-state index contributed by atoms with van der Waals surface area (Å²) in [7, 11) is 0. The fraction of sp³-hybridized carbons (Fsp3) is 0. The van der Waals surface area contributed by atoms with E-state index in [1.54, 1.807) is 6.07 Å². The second-order valence-electron chi connectivity index (χ2n) is 5.76. The second-order valence-corrected chi connectivity index (χ2v) is 5.76. The van der Waals surface area contributed by atoms with Gasteiger partial charge in [0.25, 0.3) is 0 Å². The zero-order valence-electron chi connectivity index (χ0n) is 12.9. The molecule has 2 nitrogen and oxygen atoms in total. The molecular weight excluding hydrogens is 296 g/mol. The van der Waals surface area contributed by atoms with Gasteiger partial charge in [-0.3, -0.25) is 9.59 Å². The maximum atomic E-state index is 13.1. The number of carbonyl (C=O) groups is 2. The SMILES string of the molecule is O=Cc1ccc2ccccc2c1C(=O)c1ccc2ccccc2c1. The Morgan fingerprint density at radius 2 is 1.38 bits per heavy atom. The maximum absolute atomic E-state index is 13.1. The molecule has 2 heteroatoms. The van der Waals surface area contributed by atoms with Gasteiger partial charge >= 0.3 is 0 Å². The molecule has 4 rings (SSSR count). The van der Waals surface area contributed by atoms with Gasteiger partial charge in [0.15, 0.2) is 12.1 Å². The van der Waals surface area contributed by atoms with Crippen molar-refractivity contribution < 1.29 is 9.59 Å². The molecule has 0 amide bonds. The molecule has 0 spiro atoms. The molecular formula is C22H14O2. The predicted octanol–water partition coefficient (Wildman–Crippen LogP) is 5.04. The fourth-order valence-corrected chi connectivity index (χ4v) is 3.11. The predicted molar refractivity (Wildman–Crippen MR) is 96.7 cm³/mol. The van der Waals surface area contributed by atoms with E-state index in [0.717, 1.165) is 27.8 Å². The van der Waals surface area contributed by atoms with Gasteiger partial charge in [-0.1, -0.05) is 72.8 Å². The third-order valence-electron chi connectivity index (χ3n) is 4.33. The molecule has 114 valence electrons. The monoisotopic (exact) mass is 310 g/mol. The van der Waals surface area contributed by atoms with Gasteiger partial charge in [-0.2, -0.15) is 0 Å². The lowest BCUT2D eigenvalue weighted by atomic mass is 9.92. The lowest BCUT2D eigenvalue weighted by Crippen LogP contribution is -2.06. The zero-order chi connectivity index (χ0) is 16.5. The summed E-state index contributed by atoms with van der Waals surface area (Å²) in [6.45, 7) is 0. The van der Waals surface area contributed by atoms with Crippen LogP contribution in [0.4, 0.5) is 0 Å². The van der Waals surface area contributed by atoms with Crippen molar-refractivity contribution in [3.8, 4) is 0 Å². The molecule has 0 bridgehead atoms. The first-order chi connectivity index (χ1) is 11.8. The summed E-state index contributed by atoms with van der Waals surface area (Å²) in [5, 5.41) is 3.85. The molecule has 0 unspecified atom stereocenters. The van der Waals surface area contributed by atoms with Crippen molar-refractivity contribution in [2.45, 2.75) is 0 Å². The first kappa shape index (κ1) is 14.3. The summed E-state index contributed by atoms with van der Waals surface area (Å²) in [6.07, 6.45) is 0.751. The highest BCUT2D eigenvalue weighted by atomic mass is 16.1. The summed E-state index contributed by atoms with van der Waals surface area (Å²) >= 11 is 0. The van der Waals surface area contributed by atoms with E-state index in [9.17, 15) is 9.59 Å². The van der Waals surface area contributed by atoms with Crippen molar-refractivity contribution in [2.24, 2.45) is 0 Å². The molecule has 4 aromatic carbocycles. The van der Waals surface area contributed by atoms with Crippen molar-refractivity contribution >= 4 is 33.6 Å². The fourth-order valence-electron chi connectivity index (χ4n) is 3.11. The van der Waals surface area contributed by atoms with Crippen LogP contribution in [0.15, 0.2) is 78.9 Å². The third kappa shape index (κ3) is 2.29. The lowest BCUT2D eigenvalue weighted by Gasteiger charge is -2.09. The van der Waals surface area contributed by atoms with Crippen molar-refractivity contribution in [1.29, 1.82) is 0 Å². The Labute approximate surface area is 139 Å². The molecule has 0 aliphatic heterocycles. The molecule has 0 atom stereocenters. The molecule has 0 heterocycles. The number of aldehydes is 1. The summed E-state index contributed by atoms with van der Waals surface area (Å²) in [5.74, 6) is -0.125. The van der Waals surface area contributed by atoms with E-state index in [0.29, 0.717) is 16.7 Å². The van der Waals surface area contributed by atoms with Crippen LogP contribution < -0.4 is 0 Å². The normalized spacial score (nSPS) is 10.8. The molecule has 0 fully saturated rings. The van der Waals surface area contributed by atoms with E-state index in [2.05, 4.69) is 0 Å². The molecule has 0 saturated carbocycles. The van der Waals surface area contributed by atoms with Gasteiger partial charge in [0.2, 0.25) is 0 Å². The van der Waals surface area contributed by atoms with Gasteiger partial charge in [-0.15, -0.1) is 0 Å². The number of carbonyl (C=O) groups excluding carboxylic acids is 2. The number of ketones is 1. The Hall–Kier alpha value is -3.26. The minimum atomic E-state index is -0.125. The minimum Gasteiger partial charge on any atom is -0.298 e. The quantitative estimate of drug-likeness (QED) is 0.392. The third-order valence-corrected chi connectivity index (χ3v) is 4.33. The van der Waals surface area contributed by atoms with E-state index in [-0.39, 0.29) is 5.78 Å². The molecule has 0 aliphatic carbocycles. The Morgan fingerprint density at radius 1 is 0.708 bits per heavy atom. The first-order valence-corrected chi connectivity index (χ1v) is 7.78. The number of hydrogen-bond acceptors (Lipinski definition) is 2. The van der Waals surface area contributed by atoms with Crippen LogP contribution in [-0.2, 0) is 0 Å². The van der Waals surface area contributed by atoms with E-state index >= 15 is 0 Å². The van der Waals surface area contributed by atoms with Crippen molar-refractivity contribution in [3.63, 3.8) is 0 Å². The molecule has 4 aromatic rings. The topological polar surface area (TPSA) is 34.1 Å². The minimum absolute atomic E-state index is 0.125. The number of hydrogen-bond donors (Lipinski definition) is 0. The molecule has 0 saturated heterocycles. The summed E-state index contributed by atoms with van der Waals surface area (Å²) in [5.41, 5.74) is 1.48. The maximum Gasteiger partial charge on any atom is 0.194 e. The van der Waals surface area contributed by atoms with Gasteiger partial charge < -0.3 is 0 Å². The van der Waals surface area contributed by atoms with Gasteiger partial charge in [0.05, 0.1) is 0 Å². The highest BCUT2D eigenvalue weighted by Gasteiger charge is 2.17. The van der Waals surface area contributed by atoms with Gasteiger partial charge in [-0.05, 0) is 27.6 Å². The number of benzene rings is 4. The van der Waals surface area contributed by atoms with Crippen molar-refractivity contribution in [2.75, 3.05) is 0 Å². The Balaban J connectivity index is 1.95. The van der Waals surface area contributed by atoms with Crippen LogP contribution in [0.25, 0.3) is 21.5 Å². The summed E-state index contributed by atoms with van der Waals surface area (Å²) in [6, 6.07) is 24.8. The molecule has 0 aliphatic rings. The highest BCUT2D eigenvalue weighted by Crippen LogP contribution is 2.26. The highest BCUT2D eigenvalue weighted by molar-refractivity contribution is 6.20. The molecule has 0 aromatic heterocycles. The molecule has 0 radical (unpaired) electrons. The zero-order valence-corrected chi connectivity index (χ0v) is 12.9. The van der Waals surface area contributed by atoms with Crippen LogP contribution in [0.2, 0.25) is 0 Å². The van der Waals surface area contributed by atoms with Crippen LogP contribution in [0.3, 0.4) is 0 Å². The van der Waals surface area contributed by atoms with Gasteiger partial charge in [0.1, 0.15) is 0 Å². The Kier molecular flexibility index (Phi) is 3.43. The van der Waals surface area contributed by atoms with E-state index < -0.39 is 0 Å². The standard InChI is InChI=1S/C22H14O2/c23-14-19-12-10-16-6-3-4-8-20(16)21(19)22(24)18-11-9-15-5-1-2-7-17(15)13-18/h1-14H.